The van der Waals surface area contributed by atoms with Crippen molar-refractivity contribution in [3.63, 3.8) is 0 Å². The van der Waals surface area contributed by atoms with Crippen molar-refractivity contribution >= 4 is 5.91 Å². The van der Waals surface area contributed by atoms with Crippen LogP contribution in [0.5, 0.6) is 0 Å². The molecule has 0 radical (unpaired) electrons. The van der Waals surface area contributed by atoms with E-state index in [4.69, 9.17) is 9.47 Å². The Bertz CT molecular complexity index is 606. The summed E-state index contributed by atoms with van der Waals surface area (Å²) in [6.45, 7) is 7.01. The summed E-state index contributed by atoms with van der Waals surface area (Å²) in [5, 5.41) is 0. The van der Waals surface area contributed by atoms with E-state index >= 15 is 0 Å². The molecule has 0 N–H and O–H groups in total. The molecular weight excluding hydrogens is 320 g/mol. The number of fused-ring (bicyclic) bond motifs is 2. The molecule has 3 aliphatic heterocycles. The average molecular weight is 346 g/mol. The zero-order chi connectivity index (χ0) is 17.3. The van der Waals surface area contributed by atoms with Gasteiger partial charge in [-0.2, -0.15) is 0 Å². The minimum absolute atomic E-state index is 0.0539. The van der Waals surface area contributed by atoms with E-state index in [1.807, 2.05) is 17.2 Å². The fraction of sp³-hybridized carbons (Fsp3) is 0.667. The number of amides is 1. The van der Waals surface area contributed by atoms with Crippen LogP contribution in [0.15, 0.2) is 24.5 Å². The number of morpholine rings is 1. The lowest BCUT2D eigenvalue weighted by molar-refractivity contribution is -0.177. The molecule has 4 heterocycles. The fourth-order valence-electron chi connectivity index (χ4n) is 4.53. The van der Waals surface area contributed by atoms with Crippen molar-refractivity contribution in [3.8, 4) is 0 Å². The van der Waals surface area contributed by atoms with Gasteiger partial charge in [-0.25, -0.2) is 0 Å². The first-order chi connectivity index (χ1) is 12.2. The van der Waals surface area contributed by atoms with Gasteiger partial charge in [-0.15, -0.1) is 0 Å². The van der Waals surface area contributed by atoms with E-state index in [-0.39, 0.29) is 18.1 Å². The fourth-order valence-corrected chi connectivity index (χ4v) is 4.53. The molecule has 7 nitrogen and oxygen atoms in total. The Hall–Kier alpha value is -1.54. The Morgan fingerprint density at radius 1 is 1.44 bits per heavy atom. The lowest BCUT2D eigenvalue weighted by atomic mass is 9.82. The quantitative estimate of drug-likeness (QED) is 0.754. The standard InChI is InChI=1S/C18H26N4O3/c1-24-11-17(23)21-9-16-10-25-6-5-22(16)18(14-21)12-20(13-18)8-15-3-2-4-19-7-15/h2-4,7,16H,5-6,8-14H2,1H3/t16-/m1/s1. The van der Waals surface area contributed by atoms with Crippen LogP contribution in [0, 0.1) is 0 Å². The molecule has 0 aromatic carbocycles. The van der Waals surface area contributed by atoms with Gasteiger partial charge >= 0.3 is 0 Å². The molecule has 136 valence electrons. The van der Waals surface area contributed by atoms with Crippen molar-refractivity contribution in [2.24, 2.45) is 0 Å². The van der Waals surface area contributed by atoms with E-state index in [1.54, 1.807) is 13.3 Å². The number of hydrogen-bond donors (Lipinski definition) is 0. The molecule has 0 bridgehead atoms. The first kappa shape index (κ1) is 16.9. The van der Waals surface area contributed by atoms with Gasteiger partial charge in [0.25, 0.3) is 0 Å². The molecular formula is C18H26N4O3. The summed E-state index contributed by atoms with van der Waals surface area (Å²) in [5.41, 5.74) is 1.29. The van der Waals surface area contributed by atoms with Crippen LogP contribution in [0.2, 0.25) is 0 Å². The van der Waals surface area contributed by atoms with E-state index < -0.39 is 0 Å². The van der Waals surface area contributed by atoms with Crippen LogP contribution in [-0.2, 0) is 20.8 Å². The number of pyridine rings is 1. The van der Waals surface area contributed by atoms with Crippen molar-refractivity contribution in [3.05, 3.63) is 30.1 Å². The van der Waals surface area contributed by atoms with Crippen molar-refractivity contribution in [1.29, 1.82) is 0 Å². The maximum Gasteiger partial charge on any atom is 0.248 e. The summed E-state index contributed by atoms with van der Waals surface area (Å²) in [6, 6.07) is 4.39. The Balaban J connectivity index is 1.46. The molecule has 7 heteroatoms. The van der Waals surface area contributed by atoms with Crippen LogP contribution >= 0.6 is 0 Å². The Morgan fingerprint density at radius 3 is 3.08 bits per heavy atom. The SMILES string of the molecule is COCC(=O)N1C[C@@H]2COCCN2C2(CN(Cc3cccnc3)C2)C1. The number of nitrogens with zero attached hydrogens (tertiary/aromatic N) is 4. The van der Waals surface area contributed by atoms with E-state index in [1.165, 1.54) is 5.56 Å². The van der Waals surface area contributed by atoms with E-state index in [0.29, 0.717) is 12.6 Å². The summed E-state index contributed by atoms with van der Waals surface area (Å²) < 4.78 is 10.7. The Kier molecular flexibility index (Phi) is 4.73. The summed E-state index contributed by atoms with van der Waals surface area (Å²) in [6.07, 6.45) is 3.73. The maximum atomic E-state index is 12.4. The number of carbonyl (C=O) groups excluding carboxylic acids is 1. The highest BCUT2D eigenvalue weighted by atomic mass is 16.5. The third-order valence-corrected chi connectivity index (χ3v) is 5.54. The monoisotopic (exact) mass is 346 g/mol. The number of aromatic nitrogens is 1. The highest BCUT2D eigenvalue weighted by molar-refractivity contribution is 5.77. The third-order valence-electron chi connectivity index (χ3n) is 5.54. The second kappa shape index (κ2) is 6.99. The summed E-state index contributed by atoms with van der Waals surface area (Å²) >= 11 is 0. The van der Waals surface area contributed by atoms with Crippen molar-refractivity contribution < 1.29 is 14.3 Å². The average Bonchev–Trinajstić information content (AvgIpc) is 2.61. The lowest BCUT2D eigenvalue weighted by Gasteiger charge is -2.63. The molecule has 3 aliphatic rings. The third kappa shape index (κ3) is 3.29. The van der Waals surface area contributed by atoms with Gasteiger partial charge in [0.2, 0.25) is 5.91 Å². The van der Waals surface area contributed by atoms with Gasteiger partial charge < -0.3 is 14.4 Å². The number of ether oxygens (including phenoxy) is 2. The van der Waals surface area contributed by atoms with Gasteiger partial charge in [-0.1, -0.05) is 6.07 Å². The second-order valence-electron chi connectivity index (χ2n) is 7.36. The number of piperazine rings is 1. The van der Waals surface area contributed by atoms with Crippen LogP contribution in [0.25, 0.3) is 0 Å². The smallest absolute Gasteiger partial charge is 0.248 e. The van der Waals surface area contributed by atoms with Crippen molar-refractivity contribution in [2.45, 2.75) is 18.1 Å². The van der Waals surface area contributed by atoms with Gasteiger partial charge in [0, 0.05) is 58.8 Å². The topological polar surface area (TPSA) is 58.1 Å². The zero-order valence-corrected chi connectivity index (χ0v) is 14.8. The Morgan fingerprint density at radius 2 is 2.32 bits per heavy atom. The van der Waals surface area contributed by atoms with E-state index in [9.17, 15) is 4.79 Å². The number of likely N-dealkylation sites (tertiary alicyclic amines) is 1. The highest BCUT2D eigenvalue weighted by Crippen LogP contribution is 2.36. The van der Waals surface area contributed by atoms with Crippen LogP contribution < -0.4 is 0 Å². The molecule has 1 aromatic rings. The summed E-state index contributed by atoms with van der Waals surface area (Å²) in [5.74, 6) is 0.0813. The van der Waals surface area contributed by atoms with E-state index in [2.05, 4.69) is 20.9 Å². The minimum Gasteiger partial charge on any atom is -0.378 e. The van der Waals surface area contributed by atoms with Gasteiger partial charge in [0.05, 0.1) is 24.8 Å². The van der Waals surface area contributed by atoms with Crippen molar-refractivity contribution in [2.75, 3.05) is 59.7 Å². The number of methoxy groups -OCH3 is 1. The molecule has 3 fully saturated rings. The maximum absolute atomic E-state index is 12.4. The number of rotatable bonds is 4. The molecule has 0 saturated carbocycles. The first-order valence-electron chi connectivity index (χ1n) is 8.93. The zero-order valence-electron chi connectivity index (χ0n) is 14.8. The van der Waals surface area contributed by atoms with Crippen LogP contribution in [0.1, 0.15) is 5.56 Å². The van der Waals surface area contributed by atoms with Crippen LogP contribution in [0.4, 0.5) is 0 Å². The molecule has 1 amide bonds. The predicted molar refractivity (Wildman–Crippen MR) is 92.0 cm³/mol. The molecule has 0 aliphatic carbocycles. The molecule has 1 spiro atoms. The molecule has 25 heavy (non-hydrogen) atoms. The summed E-state index contributed by atoms with van der Waals surface area (Å²) in [4.78, 5) is 23.6. The normalized spacial score (nSPS) is 26.3. The van der Waals surface area contributed by atoms with E-state index in [0.717, 1.165) is 45.9 Å². The lowest BCUT2D eigenvalue weighted by Crippen LogP contribution is -2.80. The number of carbonyl (C=O) groups is 1. The largest absolute Gasteiger partial charge is 0.378 e. The minimum atomic E-state index is 0.0539. The Labute approximate surface area is 148 Å². The highest BCUT2D eigenvalue weighted by Gasteiger charge is 2.54. The molecule has 1 aromatic heterocycles. The van der Waals surface area contributed by atoms with Gasteiger partial charge in [0.1, 0.15) is 6.61 Å². The van der Waals surface area contributed by atoms with Crippen molar-refractivity contribution in [1.82, 2.24) is 19.7 Å². The van der Waals surface area contributed by atoms with Gasteiger partial charge in [0.15, 0.2) is 0 Å². The molecule has 3 saturated heterocycles. The molecule has 4 rings (SSSR count). The number of hydrogen-bond acceptors (Lipinski definition) is 6. The summed E-state index contributed by atoms with van der Waals surface area (Å²) in [7, 11) is 1.58. The van der Waals surface area contributed by atoms with Crippen LogP contribution in [0.3, 0.4) is 0 Å². The van der Waals surface area contributed by atoms with Crippen LogP contribution in [-0.4, -0.2) is 96.8 Å². The molecule has 0 unspecified atom stereocenters. The first-order valence-corrected chi connectivity index (χ1v) is 8.93. The predicted octanol–water partition coefficient (Wildman–Crippen LogP) is -0.175. The van der Waals surface area contributed by atoms with Gasteiger partial charge in [-0.3, -0.25) is 19.6 Å². The van der Waals surface area contributed by atoms with Gasteiger partial charge in [-0.05, 0) is 11.6 Å². The molecule has 1 atom stereocenters. The second-order valence-corrected chi connectivity index (χ2v) is 7.36.